The Hall–Kier alpha value is -1.55. The van der Waals surface area contributed by atoms with Crippen LogP contribution in [0, 0.1) is 0 Å². The first-order valence-electron chi connectivity index (χ1n) is 5.25. The van der Waals surface area contributed by atoms with Gasteiger partial charge in [0.05, 0.1) is 13.7 Å². The molecule has 1 aromatic rings. The molecule has 4 heteroatoms. The molecule has 0 fully saturated rings. The Morgan fingerprint density at radius 3 is 2.81 bits per heavy atom. The first-order valence-corrected chi connectivity index (χ1v) is 5.25. The molecule has 0 saturated heterocycles. The average Bonchev–Trinajstić information content (AvgIpc) is 2.28. The van der Waals surface area contributed by atoms with Crippen molar-refractivity contribution in [3.8, 4) is 5.75 Å². The fourth-order valence-electron chi connectivity index (χ4n) is 1.49. The molecule has 1 aromatic carbocycles. The fourth-order valence-corrected chi connectivity index (χ4v) is 1.49. The molecule has 0 aliphatic carbocycles. The van der Waals surface area contributed by atoms with Crippen LogP contribution in [0.5, 0.6) is 5.75 Å². The standard InChI is InChI=1S/C12H17NO3/c1-3-9-4-5-11(16-2)10(6-9)7-13-8-12(14)15/h4-6,13H,3,7-8H2,1-2H3,(H,14,15). The molecule has 88 valence electrons. The first kappa shape index (κ1) is 12.5. The minimum Gasteiger partial charge on any atom is -0.496 e. The van der Waals surface area contributed by atoms with E-state index in [2.05, 4.69) is 12.2 Å². The lowest BCUT2D eigenvalue weighted by Crippen LogP contribution is -2.22. The monoisotopic (exact) mass is 223 g/mol. The molecule has 0 unspecified atom stereocenters. The van der Waals surface area contributed by atoms with E-state index in [1.54, 1.807) is 7.11 Å². The van der Waals surface area contributed by atoms with Crippen LogP contribution in [-0.2, 0) is 17.8 Å². The summed E-state index contributed by atoms with van der Waals surface area (Å²) in [5.41, 5.74) is 2.20. The van der Waals surface area contributed by atoms with Crippen molar-refractivity contribution >= 4 is 5.97 Å². The van der Waals surface area contributed by atoms with E-state index in [-0.39, 0.29) is 6.54 Å². The van der Waals surface area contributed by atoms with Crippen molar-refractivity contribution in [2.24, 2.45) is 0 Å². The molecule has 1 rings (SSSR count). The molecule has 0 heterocycles. The number of nitrogens with one attached hydrogen (secondary N) is 1. The van der Waals surface area contributed by atoms with Gasteiger partial charge in [0.15, 0.2) is 0 Å². The number of carboxylic acids is 1. The largest absolute Gasteiger partial charge is 0.496 e. The molecular weight excluding hydrogens is 206 g/mol. The van der Waals surface area contributed by atoms with Gasteiger partial charge < -0.3 is 15.2 Å². The zero-order valence-electron chi connectivity index (χ0n) is 9.62. The Labute approximate surface area is 95.2 Å². The maximum Gasteiger partial charge on any atom is 0.317 e. The van der Waals surface area contributed by atoms with Crippen LogP contribution < -0.4 is 10.1 Å². The first-order chi connectivity index (χ1) is 7.67. The molecular formula is C12H17NO3. The second-order valence-corrected chi connectivity index (χ2v) is 3.50. The Kier molecular flexibility index (Phi) is 4.79. The highest BCUT2D eigenvalue weighted by Gasteiger charge is 2.04. The highest BCUT2D eigenvalue weighted by atomic mass is 16.5. The van der Waals surface area contributed by atoms with Crippen molar-refractivity contribution in [3.63, 3.8) is 0 Å². The van der Waals surface area contributed by atoms with Gasteiger partial charge in [-0.1, -0.05) is 19.1 Å². The third-order valence-electron chi connectivity index (χ3n) is 2.34. The predicted octanol–water partition coefficient (Wildman–Crippen LogP) is 1.43. The van der Waals surface area contributed by atoms with Gasteiger partial charge >= 0.3 is 5.97 Å². The van der Waals surface area contributed by atoms with Crippen molar-refractivity contribution in [2.75, 3.05) is 13.7 Å². The maximum absolute atomic E-state index is 10.4. The van der Waals surface area contributed by atoms with Crippen LogP contribution in [0.1, 0.15) is 18.1 Å². The van der Waals surface area contributed by atoms with Crippen LogP contribution >= 0.6 is 0 Å². The Balaban J connectivity index is 2.71. The summed E-state index contributed by atoms with van der Waals surface area (Å²) < 4.78 is 5.21. The van der Waals surface area contributed by atoms with Gasteiger partial charge in [0.1, 0.15) is 5.75 Å². The predicted molar refractivity (Wildman–Crippen MR) is 61.7 cm³/mol. The van der Waals surface area contributed by atoms with Gasteiger partial charge in [0, 0.05) is 12.1 Å². The number of methoxy groups -OCH3 is 1. The summed E-state index contributed by atoms with van der Waals surface area (Å²) in [6.07, 6.45) is 0.954. The number of carboxylic acid groups (broad SMARTS) is 1. The summed E-state index contributed by atoms with van der Waals surface area (Å²) >= 11 is 0. The Bertz CT molecular complexity index is 363. The number of aliphatic carboxylic acids is 1. The molecule has 4 nitrogen and oxygen atoms in total. The zero-order valence-corrected chi connectivity index (χ0v) is 9.62. The normalized spacial score (nSPS) is 10.1. The molecule has 0 atom stereocenters. The summed E-state index contributed by atoms with van der Waals surface area (Å²) in [6.45, 7) is 2.54. The molecule has 0 spiro atoms. The number of ether oxygens (including phenoxy) is 1. The minimum atomic E-state index is -0.856. The molecule has 2 N–H and O–H groups in total. The van der Waals surface area contributed by atoms with Crippen LogP contribution in [0.4, 0.5) is 0 Å². The number of hydrogen-bond acceptors (Lipinski definition) is 3. The Morgan fingerprint density at radius 2 is 2.25 bits per heavy atom. The third kappa shape index (κ3) is 3.55. The minimum absolute atomic E-state index is 0.0422. The van der Waals surface area contributed by atoms with Gasteiger partial charge in [0.25, 0.3) is 0 Å². The quantitative estimate of drug-likeness (QED) is 0.766. The highest BCUT2D eigenvalue weighted by Crippen LogP contribution is 2.19. The number of hydrogen-bond donors (Lipinski definition) is 2. The number of benzene rings is 1. The lowest BCUT2D eigenvalue weighted by atomic mass is 10.1. The summed E-state index contributed by atoms with van der Waals surface area (Å²) in [7, 11) is 1.61. The molecule has 0 aromatic heterocycles. The Morgan fingerprint density at radius 1 is 1.50 bits per heavy atom. The van der Waals surface area contributed by atoms with Gasteiger partial charge in [-0.3, -0.25) is 4.79 Å². The molecule has 0 amide bonds. The van der Waals surface area contributed by atoms with Crippen molar-refractivity contribution in [1.82, 2.24) is 5.32 Å². The van der Waals surface area contributed by atoms with Gasteiger partial charge in [0.2, 0.25) is 0 Å². The fraction of sp³-hybridized carbons (Fsp3) is 0.417. The molecule has 0 aliphatic rings. The summed E-state index contributed by atoms with van der Waals surface area (Å²) in [6, 6.07) is 5.96. The van der Waals surface area contributed by atoms with E-state index in [9.17, 15) is 4.79 Å². The van der Waals surface area contributed by atoms with Crippen molar-refractivity contribution in [3.05, 3.63) is 29.3 Å². The maximum atomic E-state index is 10.4. The molecule has 0 bridgehead atoms. The van der Waals surface area contributed by atoms with Crippen molar-refractivity contribution in [1.29, 1.82) is 0 Å². The van der Waals surface area contributed by atoms with E-state index in [1.807, 2.05) is 18.2 Å². The molecule has 0 radical (unpaired) electrons. The van der Waals surface area contributed by atoms with Gasteiger partial charge in [-0.05, 0) is 18.1 Å². The van der Waals surface area contributed by atoms with Crippen LogP contribution in [0.15, 0.2) is 18.2 Å². The molecule has 0 saturated carbocycles. The van der Waals surface area contributed by atoms with Crippen LogP contribution in [0.3, 0.4) is 0 Å². The smallest absolute Gasteiger partial charge is 0.317 e. The van der Waals surface area contributed by atoms with Gasteiger partial charge in [-0.25, -0.2) is 0 Å². The number of rotatable bonds is 6. The second kappa shape index (κ2) is 6.12. The molecule has 16 heavy (non-hydrogen) atoms. The summed E-state index contributed by atoms with van der Waals surface area (Å²) in [4.78, 5) is 10.4. The summed E-state index contributed by atoms with van der Waals surface area (Å²) in [5, 5.41) is 11.4. The van der Waals surface area contributed by atoms with Gasteiger partial charge in [-0.2, -0.15) is 0 Å². The van der Waals surface area contributed by atoms with E-state index < -0.39 is 5.97 Å². The van der Waals surface area contributed by atoms with E-state index >= 15 is 0 Å². The topological polar surface area (TPSA) is 58.6 Å². The van der Waals surface area contributed by atoms with Crippen molar-refractivity contribution < 1.29 is 14.6 Å². The lowest BCUT2D eigenvalue weighted by molar-refractivity contribution is -0.135. The van der Waals surface area contributed by atoms with Gasteiger partial charge in [-0.15, -0.1) is 0 Å². The number of carbonyl (C=O) groups is 1. The summed E-state index contributed by atoms with van der Waals surface area (Å²) in [5.74, 6) is -0.0688. The molecule has 0 aliphatic heterocycles. The third-order valence-corrected chi connectivity index (χ3v) is 2.34. The van der Waals surface area contributed by atoms with Crippen LogP contribution in [0.25, 0.3) is 0 Å². The van der Waals surface area contributed by atoms with Crippen molar-refractivity contribution in [2.45, 2.75) is 19.9 Å². The van der Waals surface area contributed by atoms with E-state index in [4.69, 9.17) is 9.84 Å². The van der Waals surface area contributed by atoms with Crippen LogP contribution in [-0.4, -0.2) is 24.7 Å². The average molecular weight is 223 g/mol. The SMILES string of the molecule is CCc1ccc(OC)c(CNCC(=O)O)c1. The number of aryl methyl sites for hydroxylation is 1. The van der Waals surface area contributed by atoms with E-state index in [1.165, 1.54) is 5.56 Å². The highest BCUT2D eigenvalue weighted by molar-refractivity contribution is 5.69. The second-order valence-electron chi connectivity index (χ2n) is 3.50. The zero-order chi connectivity index (χ0) is 12.0. The van der Waals surface area contributed by atoms with Crippen LogP contribution in [0.2, 0.25) is 0 Å². The lowest BCUT2D eigenvalue weighted by Gasteiger charge is -2.10. The van der Waals surface area contributed by atoms with E-state index in [0.29, 0.717) is 6.54 Å². The van der Waals surface area contributed by atoms with E-state index in [0.717, 1.165) is 17.7 Å².